The Labute approximate surface area is 172 Å². The van der Waals surface area contributed by atoms with Crippen molar-refractivity contribution in [2.45, 2.75) is 4.34 Å². The minimum Gasteiger partial charge on any atom is -0.497 e. The van der Waals surface area contributed by atoms with Crippen LogP contribution in [0.1, 0.15) is 0 Å². The van der Waals surface area contributed by atoms with Crippen LogP contribution in [-0.4, -0.2) is 29.0 Å². The van der Waals surface area contributed by atoms with Crippen LogP contribution in [0.4, 0.5) is 16.5 Å². The minimum atomic E-state index is -0.0726. The largest absolute Gasteiger partial charge is 0.497 e. The molecule has 2 N–H and O–H groups in total. The first-order valence-electron chi connectivity index (χ1n) is 7.56. The normalized spacial score (nSPS) is 10.4. The van der Waals surface area contributed by atoms with Crippen LogP contribution in [0.5, 0.6) is 5.75 Å². The Bertz CT molecular complexity index is 904. The highest BCUT2D eigenvalue weighted by Crippen LogP contribution is 2.29. The highest BCUT2D eigenvalue weighted by molar-refractivity contribution is 14.1. The standard InChI is InChI=1S/C17H15IN4O2S2/c1-24-12-6-4-5-11(9-12)19-16-21-22-17(26-16)25-10-15(23)20-14-8-3-2-7-13(14)18/h2-9H,10H2,1H3,(H,19,21)(H,20,23). The van der Waals surface area contributed by atoms with Gasteiger partial charge in [-0.15, -0.1) is 10.2 Å². The zero-order valence-corrected chi connectivity index (χ0v) is 17.5. The van der Waals surface area contributed by atoms with Gasteiger partial charge in [0.25, 0.3) is 0 Å². The summed E-state index contributed by atoms with van der Waals surface area (Å²) >= 11 is 4.95. The molecule has 9 heteroatoms. The van der Waals surface area contributed by atoms with E-state index in [1.807, 2.05) is 48.5 Å². The first-order chi connectivity index (χ1) is 12.6. The fraction of sp³-hybridized carbons (Fsp3) is 0.118. The summed E-state index contributed by atoms with van der Waals surface area (Å²) in [6.45, 7) is 0. The Balaban J connectivity index is 1.53. The van der Waals surface area contributed by atoms with Gasteiger partial charge >= 0.3 is 0 Å². The average molecular weight is 498 g/mol. The molecule has 0 aliphatic rings. The van der Waals surface area contributed by atoms with E-state index >= 15 is 0 Å². The number of aromatic nitrogens is 2. The molecule has 1 amide bonds. The molecule has 0 unspecified atom stereocenters. The number of hydrogen-bond donors (Lipinski definition) is 2. The van der Waals surface area contributed by atoms with Crippen LogP contribution in [0.25, 0.3) is 0 Å². The molecule has 26 heavy (non-hydrogen) atoms. The van der Waals surface area contributed by atoms with Crippen molar-refractivity contribution in [3.8, 4) is 5.75 Å². The highest BCUT2D eigenvalue weighted by atomic mass is 127. The van der Waals surface area contributed by atoms with E-state index < -0.39 is 0 Å². The highest BCUT2D eigenvalue weighted by Gasteiger charge is 2.10. The number of nitrogens with zero attached hydrogens (tertiary/aromatic N) is 2. The van der Waals surface area contributed by atoms with Crippen molar-refractivity contribution in [2.24, 2.45) is 0 Å². The number of thioether (sulfide) groups is 1. The van der Waals surface area contributed by atoms with Gasteiger partial charge in [-0.2, -0.15) is 0 Å². The topological polar surface area (TPSA) is 76.1 Å². The number of nitrogens with one attached hydrogen (secondary N) is 2. The number of rotatable bonds is 7. The second kappa shape index (κ2) is 9.19. The quantitative estimate of drug-likeness (QED) is 0.366. The van der Waals surface area contributed by atoms with Crippen LogP contribution >= 0.6 is 45.7 Å². The van der Waals surface area contributed by atoms with Gasteiger partial charge in [-0.1, -0.05) is 41.3 Å². The van der Waals surface area contributed by atoms with E-state index in [-0.39, 0.29) is 11.7 Å². The predicted octanol–water partition coefficient (Wildman–Crippen LogP) is 4.63. The number of anilines is 3. The van der Waals surface area contributed by atoms with E-state index in [0.29, 0.717) is 5.13 Å². The molecule has 6 nitrogen and oxygen atoms in total. The number of hydrogen-bond acceptors (Lipinski definition) is 7. The molecule has 0 atom stereocenters. The van der Waals surface area contributed by atoms with Crippen LogP contribution in [0.3, 0.4) is 0 Å². The smallest absolute Gasteiger partial charge is 0.234 e. The third kappa shape index (κ3) is 5.32. The summed E-state index contributed by atoms with van der Waals surface area (Å²) < 4.78 is 6.93. The van der Waals surface area contributed by atoms with Crippen molar-refractivity contribution in [3.05, 3.63) is 52.1 Å². The Morgan fingerprint density at radius 3 is 2.88 bits per heavy atom. The van der Waals surface area contributed by atoms with Gasteiger partial charge in [-0.05, 0) is 46.9 Å². The molecule has 3 rings (SSSR count). The maximum absolute atomic E-state index is 12.1. The number of para-hydroxylation sites is 1. The van der Waals surface area contributed by atoms with Crippen molar-refractivity contribution in [1.82, 2.24) is 10.2 Å². The molecule has 0 saturated carbocycles. The Kier molecular flexibility index (Phi) is 6.69. The maximum atomic E-state index is 12.1. The summed E-state index contributed by atoms with van der Waals surface area (Å²) in [6, 6.07) is 15.2. The number of methoxy groups -OCH3 is 1. The van der Waals surface area contributed by atoms with E-state index in [4.69, 9.17) is 4.74 Å². The van der Waals surface area contributed by atoms with Gasteiger partial charge < -0.3 is 15.4 Å². The van der Waals surface area contributed by atoms with Gasteiger partial charge in [0.1, 0.15) is 5.75 Å². The monoisotopic (exact) mass is 498 g/mol. The lowest BCUT2D eigenvalue weighted by Crippen LogP contribution is -2.14. The number of carbonyl (C=O) groups excluding carboxylic acids is 1. The van der Waals surface area contributed by atoms with Crippen molar-refractivity contribution in [2.75, 3.05) is 23.5 Å². The molecular weight excluding hydrogens is 483 g/mol. The number of amides is 1. The number of halogens is 1. The fourth-order valence-electron chi connectivity index (χ4n) is 2.02. The third-order valence-corrected chi connectivity index (χ3v) is 6.11. The molecule has 0 aliphatic heterocycles. The van der Waals surface area contributed by atoms with Crippen LogP contribution in [-0.2, 0) is 4.79 Å². The molecular formula is C17H15IN4O2S2. The minimum absolute atomic E-state index is 0.0726. The summed E-state index contributed by atoms with van der Waals surface area (Å²) in [5.74, 6) is 0.969. The first-order valence-corrected chi connectivity index (χ1v) is 10.4. The zero-order chi connectivity index (χ0) is 18.4. The van der Waals surface area contributed by atoms with Gasteiger partial charge in [0.2, 0.25) is 11.0 Å². The molecule has 1 heterocycles. The van der Waals surface area contributed by atoms with Gasteiger partial charge in [0.15, 0.2) is 4.34 Å². The van der Waals surface area contributed by atoms with Gasteiger partial charge in [0.05, 0.1) is 18.6 Å². The summed E-state index contributed by atoms with van der Waals surface area (Å²) in [4.78, 5) is 12.1. The van der Waals surface area contributed by atoms with Crippen molar-refractivity contribution >= 4 is 68.1 Å². The molecule has 1 aromatic heterocycles. The van der Waals surface area contributed by atoms with Gasteiger partial charge in [-0.3, -0.25) is 4.79 Å². The molecule has 0 radical (unpaired) electrons. The lowest BCUT2D eigenvalue weighted by molar-refractivity contribution is -0.113. The SMILES string of the molecule is COc1cccc(Nc2nnc(SCC(=O)Nc3ccccc3I)s2)c1. The Morgan fingerprint density at radius 2 is 2.08 bits per heavy atom. The van der Waals surface area contributed by atoms with Crippen LogP contribution in [0.15, 0.2) is 52.9 Å². The second-order valence-corrected chi connectivity index (χ2v) is 8.41. The molecule has 2 aromatic carbocycles. The van der Waals surface area contributed by atoms with Crippen molar-refractivity contribution in [1.29, 1.82) is 0 Å². The van der Waals surface area contributed by atoms with E-state index in [9.17, 15) is 4.79 Å². The molecule has 0 aliphatic carbocycles. The predicted molar refractivity (Wildman–Crippen MR) is 115 cm³/mol. The molecule has 3 aromatic rings. The van der Waals surface area contributed by atoms with E-state index in [1.165, 1.54) is 23.1 Å². The molecule has 0 fully saturated rings. The summed E-state index contributed by atoms with van der Waals surface area (Å²) in [5, 5.41) is 15.0. The Morgan fingerprint density at radius 1 is 1.23 bits per heavy atom. The second-order valence-electron chi connectivity index (χ2n) is 5.05. The molecule has 0 spiro atoms. The summed E-state index contributed by atoms with van der Waals surface area (Å²) in [6.07, 6.45) is 0. The summed E-state index contributed by atoms with van der Waals surface area (Å²) in [7, 11) is 1.63. The molecule has 0 bridgehead atoms. The summed E-state index contributed by atoms with van der Waals surface area (Å²) in [5.41, 5.74) is 1.68. The lowest BCUT2D eigenvalue weighted by Gasteiger charge is -2.05. The maximum Gasteiger partial charge on any atom is 0.234 e. The van der Waals surface area contributed by atoms with E-state index in [2.05, 4.69) is 43.4 Å². The van der Waals surface area contributed by atoms with E-state index in [0.717, 1.165) is 25.0 Å². The van der Waals surface area contributed by atoms with Crippen LogP contribution < -0.4 is 15.4 Å². The Hall–Kier alpha value is -1.85. The number of ether oxygens (including phenoxy) is 1. The van der Waals surface area contributed by atoms with Crippen LogP contribution in [0.2, 0.25) is 0 Å². The fourth-order valence-corrected chi connectivity index (χ4v) is 4.11. The molecule has 134 valence electrons. The van der Waals surface area contributed by atoms with Crippen molar-refractivity contribution in [3.63, 3.8) is 0 Å². The van der Waals surface area contributed by atoms with Crippen molar-refractivity contribution < 1.29 is 9.53 Å². The molecule has 0 saturated heterocycles. The number of benzene rings is 2. The number of carbonyl (C=O) groups is 1. The third-order valence-electron chi connectivity index (χ3n) is 3.20. The van der Waals surface area contributed by atoms with Gasteiger partial charge in [-0.25, -0.2) is 0 Å². The average Bonchev–Trinajstić information content (AvgIpc) is 3.09. The van der Waals surface area contributed by atoms with Crippen LogP contribution in [0, 0.1) is 3.57 Å². The van der Waals surface area contributed by atoms with E-state index in [1.54, 1.807) is 7.11 Å². The lowest BCUT2D eigenvalue weighted by atomic mass is 10.3. The van der Waals surface area contributed by atoms with Gasteiger partial charge in [0, 0.05) is 15.3 Å². The first kappa shape index (κ1) is 18.9. The zero-order valence-electron chi connectivity index (χ0n) is 13.7.